The average molecular weight is 354 g/mol. The Morgan fingerprint density at radius 1 is 1.50 bits per heavy atom. The van der Waals surface area contributed by atoms with Gasteiger partial charge in [0.15, 0.2) is 0 Å². The normalized spacial score (nSPS) is 20.4. The zero-order valence-electron chi connectivity index (χ0n) is 9.21. The van der Waals surface area contributed by atoms with Gasteiger partial charge in [0.25, 0.3) is 0 Å². The molecule has 1 atom stereocenters. The molecule has 0 saturated carbocycles. The van der Waals surface area contributed by atoms with Gasteiger partial charge in [-0.15, -0.1) is 0 Å². The first-order chi connectivity index (χ1) is 8.36. The van der Waals surface area contributed by atoms with Gasteiger partial charge in [-0.3, -0.25) is 4.79 Å². The molecule has 0 aliphatic carbocycles. The molecule has 2 rings (SSSR count). The van der Waals surface area contributed by atoms with Gasteiger partial charge in [-0.05, 0) is 27.6 Å². The lowest BCUT2D eigenvalue weighted by atomic mass is 10.3. The van der Waals surface area contributed by atoms with Crippen molar-refractivity contribution in [3.8, 4) is 0 Å². The van der Waals surface area contributed by atoms with Crippen LogP contribution >= 0.6 is 26.6 Å². The third kappa shape index (κ3) is 3.21. The smallest absolute Gasteiger partial charge is 0.237 e. The van der Waals surface area contributed by atoms with E-state index in [0.29, 0.717) is 11.1 Å². The summed E-state index contributed by atoms with van der Waals surface area (Å²) in [5.41, 5.74) is 0.846. The molecule has 0 aromatic carbocycles. The van der Waals surface area contributed by atoms with E-state index in [1.165, 1.54) is 4.90 Å². The van der Waals surface area contributed by atoms with E-state index in [4.69, 9.17) is 10.7 Å². The predicted octanol–water partition coefficient (Wildman–Crippen LogP) is 1.51. The highest BCUT2D eigenvalue weighted by atomic mass is 79.9. The number of likely N-dealkylation sites (tertiary alicyclic amines) is 1. The summed E-state index contributed by atoms with van der Waals surface area (Å²) in [5, 5.41) is -0.810. The van der Waals surface area contributed by atoms with Crippen LogP contribution in [0.2, 0.25) is 0 Å². The van der Waals surface area contributed by atoms with Crippen LogP contribution in [-0.2, 0) is 20.4 Å². The standard InChI is InChI=1S/C10H10BrClN2O3S/c11-9-2-1-7(4-13-9)5-14-6-8(3-10(14)15)18(12,16)17/h1-2,4,8H,3,5-6H2. The van der Waals surface area contributed by atoms with Gasteiger partial charge in [-0.1, -0.05) is 6.07 Å². The minimum absolute atomic E-state index is 0.0458. The summed E-state index contributed by atoms with van der Waals surface area (Å²) in [6.07, 6.45) is 1.59. The lowest BCUT2D eigenvalue weighted by molar-refractivity contribution is -0.128. The van der Waals surface area contributed by atoms with Gasteiger partial charge in [0.1, 0.15) is 9.85 Å². The zero-order valence-corrected chi connectivity index (χ0v) is 12.4. The van der Waals surface area contributed by atoms with E-state index in [9.17, 15) is 13.2 Å². The first kappa shape index (κ1) is 13.8. The maximum atomic E-state index is 11.7. The SMILES string of the molecule is O=C1CC(S(=O)(=O)Cl)CN1Cc1ccc(Br)nc1. The summed E-state index contributed by atoms with van der Waals surface area (Å²) >= 11 is 3.22. The second kappa shape index (κ2) is 5.14. The van der Waals surface area contributed by atoms with Crippen LogP contribution in [0.4, 0.5) is 0 Å². The topological polar surface area (TPSA) is 67.3 Å². The molecule has 1 saturated heterocycles. The Morgan fingerprint density at radius 2 is 2.22 bits per heavy atom. The largest absolute Gasteiger partial charge is 0.337 e. The van der Waals surface area contributed by atoms with E-state index < -0.39 is 14.3 Å². The number of carbonyl (C=O) groups excluding carboxylic acids is 1. The fourth-order valence-electron chi connectivity index (χ4n) is 1.80. The minimum Gasteiger partial charge on any atom is -0.337 e. The summed E-state index contributed by atoms with van der Waals surface area (Å²) in [7, 11) is 1.59. The number of pyridine rings is 1. The van der Waals surface area contributed by atoms with E-state index in [2.05, 4.69) is 20.9 Å². The third-order valence-corrected chi connectivity index (χ3v) is 5.08. The number of rotatable bonds is 3. The molecule has 18 heavy (non-hydrogen) atoms. The Labute approximate surface area is 118 Å². The summed E-state index contributed by atoms with van der Waals surface area (Å²) in [6.45, 7) is 0.489. The van der Waals surface area contributed by atoms with Crippen LogP contribution in [0.3, 0.4) is 0 Å². The Hall–Kier alpha value is -0.660. The highest BCUT2D eigenvalue weighted by Gasteiger charge is 2.37. The molecule has 1 unspecified atom stereocenters. The van der Waals surface area contributed by atoms with Gasteiger partial charge in [-0.25, -0.2) is 13.4 Å². The Bertz CT molecular complexity index is 561. The van der Waals surface area contributed by atoms with Gasteiger partial charge >= 0.3 is 0 Å². The zero-order chi connectivity index (χ0) is 13.3. The van der Waals surface area contributed by atoms with Crippen molar-refractivity contribution in [2.24, 2.45) is 0 Å². The summed E-state index contributed by atoms with van der Waals surface area (Å²) in [6, 6.07) is 3.60. The second-order valence-electron chi connectivity index (χ2n) is 4.07. The molecule has 5 nitrogen and oxygen atoms in total. The Balaban J connectivity index is 2.07. The van der Waals surface area contributed by atoms with E-state index in [1.807, 2.05) is 6.07 Å². The number of hydrogen-bond acceptors (Lipinski definition) is 4. The predicted molar refractivity (Wildman–Crippen MR) is 70.5 cm³/mol. The highest BCUT2D eigenvalue weighted by Crippen LogP contribution is 2.22. The van der Waals surface area contributed by atoms with Crippen LogP contribution in [0.1, 0.15) is 12.0 Å². The van der Waals surface area contributed by atoms with Crippen molar-refractivity contribution in [3.63, 3.8) is 0 Å². The number of carbonyl (C=O) groups is 1. The van der Waals surface area contributed by atoms with E-state index >= 15 is 0 Å². The van der Waals surface area contributed by atoms with Gasteiger partial charge in [0.2, 0.25) is 15.0 Å². The van der Waals surface area contributed by atoms with Crippen molar-refractivity contribution in [1.82, 2.24) is 9.88 Å². The number of hydrogen-bond donors (Lipinski definition) is 0. The molecule has 0 radical (unpaired) electrons. The lowest BCUT2D eigenvalue weighted by Crippen LogP contribution is -2.26. The molecule has 0 N–H and O–H groups in total. The quantitative estimate of drug-likeness (QED) is 0.610. The van der Waals surface area contributed by atoms with Crippen molar-refractivity contribution < 1.29 is 13.2 Å². The molecule has 98 valence electrons. The average Bonchev–Trinajstić information content (AvgIpc) is 2.63. The van der Waals surface area contributed by atoms with Crippen molar-refractivity contribution in [3.05, 3.63) is 28.5 Å². The maximum Gasteiger partial charge on any atom is 0.237 e. The molecule has 1 aliphatic rings. The highest BCUT2D eigenvalue weighted by molar-refractivity contribution is 9.10. The summed E-state index contributed by atoms with van der Waals surface area (Å²) in [4.78, 5) is 17.2. The van der Waals surface area contributed by atoms with Crippen LogP contribution < -0.4 is 0 Å². The lowest BCUT2D eigenvalue weighted by Gasteiger charge is -2.15. The van der Waals surface area contributed by atoms with Crippen LogP contribution in [0, 0.1) is 0 Å². The Morgan fingerprint density at radius 3 is 2.72 bits per heavy atom. The van der Waals surface area contributed by atoms with Crippen molar-refractivity contribution in [1.29, 1.82) is 0 Å². The van der Waals surface area contributed by atoms with Crippen molar-refractivity contribution in [2.75, 3.05) is 6.54 Å². The van der Waals surface area contributed by atoms with Crippen LogP contribution in [-0.4, -0.2) is 36.0 Å². The number of halogens is 2. The van der Waals surface area contributed by atoms with Gasteiger partial charge in [-0.2, -0.15) is 0 Å². The van der Waals surface area contributed by atoms with Crippen LogP contribution in [0.5, 0.6) is 0 Å². The molecule has 1 aromatic rings. The monoisotopic (exact) mass is 352 g/mol. The van der Waals surface area contributed by atoms with E-state index in [-0.39, 0.29) is 18.9 Å². The Kier molecular flexibility index (Phi) is 3.93. The number of aromatic nitrogens is 1. The molecule has 2 heterocycles. The van der Waals surface area contributed by atoms with Gasteiger partial charge < -0.3 is 4.90 Å². The molecule has 1 fully saturated rings. The van der Waals surface area contributed by atoms with Gasteiger partial charge in [0, 0.05) is 36.4 Å². The molecule has 8 heteroatoms. The maximum absolute atomic E-state index is 11.7. The molecule has 1 aromatic heterocycles. The molecule has 1 amide bonds. The molecule has 0 bridgehead atoms. The minimum atomic E-state index is -3.68. The van der Waals surface area contributed by atoms with Crippen molar-refractivity contribution >= 4 is 41.6 Å². The molecule has 0 spiro atoms. The fraction of sp³-hybridized carbons (Fsp3) is 0.400. The van der Waals surface area contributed by atoms with Crippen LogP contribution in [0.25, 0.3) is 0 Å². The molecular weight excluding hydrogens is 344 g/mol. The molecule has 1 aliphatic heterocycles. The van der Waals surface area contributed by atoms with Crippen molar-refractivity contribution in [2.45, 2.75) is 18.2 Å². The number of amides is 1. The first-order valence-corrected chi connectivity index (χ1v) is 8.34. The first-order valence-electron chi connectivity index (χ1n) is 5.18. The summed E-state index contributed by atoms with van der Waals surface area (Å²) < 4.78 is 23.1. The van der Waals surface area contributed by atoms with E-state index in [1.54, 1.807) is 12.3 Å². The van der Waals surface area contributed by atoms with Crippen LogP contribution in [0.15, 0.2) is 22.9 Å². The molecular formula is C10H10BrClN2O3S. The van der Waals surface area contributed by atoms with Gasteiger partial charge in [0.05, 0.1) is 0 Å². The summed E-state index contributed by atoms with van der Waals surface area (Å²) in [5.74, 6) is -0.202. The van der Waals surface area contributed by atoms with E-state index in [0.717, 1.165) is 5.56 Å². The third-order valence-electron chi connectivity index (χ3n) is 2.74. The fourth-order valence-corrected chi connectivity index (χ4v) is 3.09. The second-order valence-corrected chi connectivity index (χ2v) is 7.79. The number of nitrogens with zero attached hydrogens (tertiary/aromatic N) is 2.